The molecule has 8 fully saturated rings. The molecule has 9 rings (SSSR count). The normalized spacial score (nSPS) is 44.3. The Morgan fingerprint density at radius 3 is 1.68 bits per heavy atom. The van der Waals surface area contributed by atoms with Gasteiger partial charge in [-0.2, -0.15) is 0 Å². The van der Waals surface area contributed by atoms with Crippen molar-refractivity contribution in [3.63, 3.8) is 0 Å². The van der Waals surface area contributed by atoms with Gasteiger partial charge >= 0.3 is 0 Å². The number of carbonyl (C=O) groups is 2. The number of ketones is 1. The first-order chi connectivity index (χ1) is 16.4. The second-order valence-corrected chi connectivity index (χ2v) is 14.1. The number of nitrogens with one attached hydrogen (secondary N) is 1. The summed E-state index contributed by atoms with van der Waals surface area (Å²) < 4.78 is 0. The smallest absolute Gasteiger partial charge is 0.235 e. The van der Waals surface area contributed by atoms with E-state index in [9.17, 15) is 9.59 Å². The molecular weight excluding hydrogens is 418 g/mol. The Balaban J connectivity index is 1.19. The molecule has 182 valence electrons. The van der Waals surface area contributed by atoms with E-state index in [0.29, 0.717) is 12.2 Å². The Bertz CT molecular complexity index is 921. The van der Waals surface area contributed by atoms with Crippen molar-refractivity contribution >= 4 is 17.4 Å². The van der Waals surface area contributed by atoms with Crippen molar-refractivity contribution in [2.45, 2.75) is 90.4 Å². The van der Waals surface area contributed by atoms with Crippen LogP contribution in [0.15, 0.2) is 24.3 Å². The molecule has 0 aliphatic heterocycles. The Labute approximate surface area is 204 Å². The van der Waals surface area contributed by atoms with Crippen molar-refractivity contribution in [3.8, 4) is 0 Å². The third-order valence-electron chi connectivity index (χ3n) is 11.3. The summed E-state index contributed by atoms with van der Waals surface area (Å²) in [5, 5.41) is 3.22. The zero-order chi connectivity index (χ0) is 23.1. The number of hydrogen-bond donors (Lipinski definition) is 1. The first-order valence-electron chi connectivity index (χ1n) is 14.3. The van der Waals surface area contributed by atoms with Gasteiger partial charge in [-0.05, 0) is 142 Å². The number of benzene rings is 1. The van der Waals surface area contributed by atoms with Gasteiger partial charge in [0.1, 0.15) is 11.7 Å². The summed E-state index contributed by atoms with van der Waals surface area (Å²) in [4.78, 5) is 28.4. The number of hydrogen-bond acceptors (Lipinski definition) is 2. The summed E-state index contributed by atoms with van der Waals surface area (Å²) in [6.45, 7) is 2.07. The molecule has 8 bridgehead atoms. The van der Waals surface area contributed by atoms with Crippen LogP contribution in [0.5, 0.6) is 0 Å². The Hall–Kier alpha value is -1.64. The number of rotatable bonds is 6. The maximum Gasteiger partial charge on any atom is 0.235 e. The largest absolute Gasteiger partial charge is 0.325 e. The van der Waals surface area contributed by atoms with Gasteiger partial charge < -0.3 is 5.32 Å². The monoisotopic (exact) mass is 459 g/mol. The summed E-state index contributed by atoms with van der Waals surface area (Å²) in [7, 11) is 0. The average molecular weight is 460 g/mol. The maximum atomic E-state index is 14.4. The van der Waals surface area contributed by atoms with Crippen LogP contribution in [0.3, 0.4) is 0 Å². The summed E-state index contributed by atoms with van der Waals surface area (Å²) in [5.41, 5.74) is 2.15. The lowest BCUT2D eigenvalue weighted by molar-refractivity contribution is -0.153. The van der Waals surface area contributed by atoms with Crippen molar-refractivity contribution in [2.24, 2.45) is 52.3 Å². The van der Waals surface area contributed by atoms with Gasteiger partial charge in [0.2, 0.25) is 5.91 Å². The predicted octanol–water partition coefficient (Wildman–Crippen LogP) is 6.94. The van der Waals surface area contributed by atoms with Crippen LogP contribution in [0.1, 0.15) is 89.0 Å². The lowest BCUT2D eigenvalue weighted by Crippen LogP contribution is -2.55. The SMILES string of the molecule is Cc1ccc(NC(=O)C(C(=O)CC23CC4CC(CC(C4)C2)C3)C23CC4CC(CC(C4)C2)C3)cc1. The first kappa shape index (κ1) is 21.6. The fourth-order valence-corrected chi connectivity index (χ4v) is 11.1. The summed E-state index contributed by atoms with van der Waals surface area (Å²) in [6, 6.07) is 8.08. The standard InChI is InChI=1S/C31H41NO2/c1-19-2-4-26(5-3-19)32-29(34)28(31-15-23-9-24(16-31)11-25(10-23)17-31)27(33)18-30-12-20-6-21(13-30)8-22(7-20)14-30/h2-5,20-25,28H,6-18H2,1H3,(H,32,34). The van der Waals surface area contributed by atoms with E-state index in [1.807, 2.05) is 24.3 Å². The Morgan fingerprint density at radius 2 is 1.21 bits per heavy atom. The minimum absolute atomic E-state index is 0.000492. The van der Waals surface area contributed by atoms with Crippen molar-refractivity contribution in [1.82, 2.24) is 0 Å². The van der Waals surface area contributed by atoms with Crippen molar-refractivity contribution in [3.05, 3.63) is 29.8 Å². The topological polar surface area (TPSA) is 46.2 Å². The zero-order valence-electron chi connectivity index (χ0n) is 20.9. The van der Waals surface area contributed by atoms with E-state index in [-0.39, 0.29) is 16.7 Å². The molecule has 34 heavy (non-hydrogen) atoms. The van der Waals surface area contributed by atoms with Crippen LogP contribution in [0.25, 0.3) is 0 Å². The van der Waals surface area contributed by atoms with E-state index < -0.39 is 5.92 Å². The van der Waals surface area contributed by atoms with Gasteiger partial charge in [0.15, 0.2) is 0 Å². The minimum atomic E-state index is -0.449. The third-order valence-corrected chi connectivity index (χ3v) is 11.3. The molecule has 0 radical (unpaired) electrons. The molecule has 8 aliphatic carbocycles. The van der Waals surface area contributed by atoms with Gasteiger partial charge in [0.25, 0.3) is 0 Å². The molecular formula is C31H41NO2. The number of Topliss-reactive ketones (excluding diaryl/α,β-unsaturated/α-hetero) is 1. The van der Waals surface area contributed by atoms with E-state index in [1.165, 1.54) is 63.4 Å². The van der Waals surface area contributed by atoms with Crippen LogP contribution in [-0.4, -0.2) is 11.7 Å². The quantitative estimate of drug-likeness (QED) is 0.468. The number of carbonyl (C=O) groups excluding carboxylic acids is 2. The van der Waals surface area contributed by atoms with Crippen LogP contribution >= 0.6 is 0 Å². The molecule has 1 N–H and O–H groups in total. The van der Waals surface area contributed by atoms with E-state index in [1.54, 1.807) is 0 Å². The third kappa shape index (κ3) is 3.59. The lowest BCUT2D eigenvalue weighted by Gasteiger charge is -2.60. The molecule has 8 aliphatic rings. The molecule has 3 heteroatoms. The number of anilines is 1. The molecule has 3 nitrogen and oxygen atoms in total. The van der Waals surface area contributed by atoms with E-state index >= 15 is 0 Å². The average Bonchev–Trinajstić information content (AvgIpc) is 2.73. The van der Waals surface area contributed by atoms with Crippen LogP contribution in [0.4, 0.5) is 5.69 Å². The molecule has 1 amide bonds. The highest BCUT2D eigenvalue weighted by Crippen LogP contribution is 2.65. The summed E-state index contributed by atoms with van der Waals surface area (Å²) in [5.74, 6) is 4.62. The zero-order valence-corrected chi connectivity index (χ0v) is 20.9. The van der Waals surface area contributed by atoms with Crippen LogP contribution < -0.4 is 5.32 Å². The predicted molar refractivity (Wildman–Crippen MR) is 134 cm³/mol. The second-order valence-electron chi connectivity index (χ2n) is 14.1. The summed E-state index contributed by atoms with van der Waals surface area (Å²) >= 11 is 0. The van der Waals surface area contributed by atoms with Gasteiger partial charge in [0, 0.05) is 12.1 Å². The molecule has 0 heterocycles. The van der Waals surface area contributed by atoms with Gasteiger partial charge in [-0.15, -0.1) is 0 Å². The van der Waals surface area contributed by atoms with E-state index in [2.05, 4.69) is 12.2 Å². The summed E-state index contributed by atoms with van der Waals surface area (Å²) in [6.07, 6.45) is 16.0. The van der Waals surface area contributed by atoms with Gasteiger partial charge in [-0.25, -0.2) is 0 Å². The molecule has 1 aromatic rings. The van der Waals surface area contributed by atoms with Crippen LogP contribution in [0, 0.1) is 59.2 Å². The Morgan fingerprint density at radius 1 is 0.765 bits per heavy atom. The molecule has 0 spiro atoms. The van der Waals surface area contributed by atoms with Crippen molar-refractivity contribution < 1.29 is 9.59 Å². The van der Waals surface area contributed by atoms with Gasteiger partial charge in [-0.3, -0.25) is 9.59 Å². The van der Waals surface area contributed by atoms with Crippen molar-refractivity contribution in [2.75, 3.05) is 5.32 Å². The van der Waals surface area contributed by atoms with Crippen molar-refractivity contribution in [1.29, 1.82) is 0 Å². The van der Waals surface area contributed by atoms with E-state index in [4.69, 9.17) is 0 Å². The molecule has 1 aromatic carbocycles. The highest BCUT2D eigenvalue weighted by molar-refractivity contribution is 6.08. The number of amides is 1. The molecule has 1 unspecified atom stereocenters. The maximum absolute atomic E-state index is 14.4. The highest BCUT2D eigenvalue weighted by Gasteiger charge is 2.59. The van der Waals surface area contributed by atoms with Crippen LogP contribution in [-0.2, 0) is 9.59 Å². The molecule has 0 saturated heterocycles. The van der Waals surface area contributed by atoms with Gasteiger partial charge in [0.05, 0.1) is 0 Å². The fraction of sp³-hybridized carbons (Fsp3) is 0.742. The minimum Gasteiger partial charge on any atom is -0.325 e. The first-order valence-corrected chi connectivity index (χ1v) is 14.3. The van der Waals surface area contributed by atoms with Gasteiger partial charge in [-0.1, -0.05) is 17.7 Å². The second kappa shape index (κ2) is 7.68. The lowest BCUT2D eigenvalue weighted by atomic mass is 9.44. The fourth-order valence-electron chi connectivity index (χ4n) is 11.1. The Kier molecular flexibility index (Phi) is 4.88. The highest BCUT2D eigenvalue weighted by atomic mass is 16.2. The molecule has 1 atom stereocenters. The number of aryl methyl sites for hydroxylation is 1. The van der Waals surface area contributed by atoms with Crippen LogP contribution in [0.2, 0.25) is 0 Å². The van der Waals surface area contributed by atoms with E-state index in [0.717, 1.165) is 60.5 Å². The molecule has 8 saturated carbocycles. The molecule has 0 aromatic heterocycles.